The monoisotopic (exact) mass is 506 g/mol. The maximum absolute atomic E-state index is 13.5. The van der Waals surface area contributed by atoms with Crippen molar-refractivity contribution in [1.82, 2.24) is 10.4 Å². The van der Waals surface area contributed by atoms with E-state index in [-0.39, 0.29) is 10.0 Å². The lowest BCUT2D eigenvalue weighted by Gasteiger charge is -2.25. The predicted molar refractivity (Wildman–Crippen MR) is 139 cm³/mol. The average molecular weight is 507 g/mol. The number of rotatable bonds is 7. The Balaban J connectivity index is 1.59. The van der Waals surface area contributed by atoms with Crippen LogP contribution in [-0.2, 0) is 14.8 Å². The number of benzene rings is 3. The highest BCUT2D eigenvalue weighted by atomic mass is 35.5. The van der Waals surface area contributed by atoms with E-state index in [4.69, 9.17) is 11.6 Å². The van der Waals surface area contributed by atoms with E-state index < -0.39 is 22.5 Å². The molecule has 1 amide bonds. The van der Waals surface area contributed by atoms with Crippen molar-refractivity contribution in [3.8, 4) is 0 Å². The normalized spacial score (nSPS) is 11.6. The van der Waals surface area contributed by atoms with Gasteiger partial charge >= 0.3 is 0 Å². The number of para-hydroxylation sites is 1. The second-order valence-corrected chi connectivity index (χ2v) is 10.2. The molecule has 0 spiro atoms. The molecule has 1 aromatic heterocycles. The molecule has 178 valence electrons. The van der Waals surface area contributed by atoms with Crippen LogP contribution in [-0.4, -0.2) is 32.1 Å². The van der Waals surface area contributed by atoms with Crippen molar-refractivity contribution in [2.45, 2.75) is 18.7 Å². The molecule has 4 rings (SSSR count). The lowest BCUT2D eigenvalue weighted by molar-refractivity contribution is -0.119. The average Bonchev–Trinajstić information content (AvgIpc) is 2.85. The fourth-order valence-electron chi connectivity index (χ4n) is 3.55. The van der Waals surface area contributed by atoms with Crippen LogP contribution in [0.15, 0.2) is 88.9 Å². The topological polar surface area (TPSA) is 91.7 Å². The first-order valence-corrected chi connectivity index (χ1v) is 12.6. The number of aromatic nitrogens is 1. The molecule has 1 N–H and O–H groups in total. The smallest absolute Gasteiger partial charge is 0.264 e. The first-order chi connectivity index (χ1) is 16.8. The Morgan fingerprint density at radius 3 is 2.51 bits per heavy atom. The van der Waals surface area contributed by atoms with E-state index in [1.807, 2.05) is 49.4 Å². The van der Waals surface area contributed by atoms with Crippen LogP contribution >= 0.6 is 11.6 Å². The van der Waals surface area contributed by atoms with Crippen molar-refractivity contribution in [2.75, 3.05) is 10.8 Å². The molecule has 9 heteroatoms. The number of anilines is 1. The van der Waals surface area contributed by atoms with Crippen molar-refractivity contribution in [1.29, 1.82) is 0 Å². The van der Waals surface area contributed by atoms with E-state index in [1.165, 1.54) is 18.3 Å². The molecule has 0 aliphatic rings. The zero-order valence-electron chi connectivity index (χ0n) is 19.1. The number of amides is 1. The standard InChI is InChI=1S/C26H23ClN4O3S/c1-18-12-13-19(2)24(14-18)31(35(33,34)22-9-4-3-5-10-22)17-25(32)30-28-16-21-15-20-8-6-7-11-23(20)29-26(21)27/h3-16H,17H2,1-2H3,(H,30,32)/b28-16-. The molecule has 0 saturated heterocycles. The zero-order valence-corrected chi connectivity index (χ0v) is 20.7. The molecular weight excluding hydrogens is 484 g/mol. The van der Waals surface area contributed by atoms with E-state index >= 15 is 0 Å². The van der Waals surface area contributed by atoms with Crippen LogP contribution < -0.4 is 9.73 Å². The van der Waals surface area contributed by atoms with Gasteiger partial charge in [-0.25, -0.2) is 18.8 Å². The molecule has 0 bridgehead atoms. The lowest BCUT2D eigenvalue weighted by atomic mass is 10.1. The molecule has 35 heavy (non-hydrogen) atoms. The van der Waals surface area contributed by atoms with Crippen LogP contribution in [0, 0.1) is 13.8 Å². The number of sulfonamides is 1. The summed E-state index contributed by atoms with van der Waals surface area (Å²) in [5.41, 5.74) is 5.69. The number of hydrogen-bond acceptors (Lipinski definition) is 5. The number of halogens is 1. The largest absolute Gasteiger partial charge is 0.271 e. The summed E-state index contributed by atoms with van der Waals surface area (Å²) in [7, 11) is -4.01. The third-order valence-electron chi connectivity index (χ3n) is 5.35. The van der Waals surface area contributed by atoms with Crippen LogP contribution in [0.25, 0.3) is 10.9 Å². The maximum Gasteiger partial charge on any atom is 0.264 e. The molecule has 0 saturated carbocycles. The van der Waals surface area contributed by atoms with Crippen molar-refractivity contribution in [3.05, 3.63) is 101 Å². The first-order valence-electron chi connectivity index (χ1n) is 10.8. The van der Waals surface area contributed by atoms with Gasteiger partial charge in [-0.15, -0.1) is 0 Å². The molecule has 0 aliphatic heterocycles. The molecule has 1 heterocycles. The lowest BCUT2D eigenvalue weighted by Crippen LogP contribution is -2.40. The SMILES string of the molecule is Cc1ccc(C)c(N(CC(=O)N/N=C\c2cc3ccccc3nc2Cl)S(=O)(=O)c2ccccc2)c1. The minimum atomic E-state index is -4.01. The van der Waals surface area contributed by atoms with Gasteiger partial charge in [-0.1, -0.05) is 60.1 Å². The number of nitrogens with one attached hydrogen (secondary N) is 1. The Morgan fingerprint density at radius 2 is 1.74 bits per heavy atom. The third-order valence-corrected chi connectivity index (χ3v) is 7.43. The van der Waals surface area contributed by atoms with Gasteiger partial charge in [0.1, 0.15) is 11.7 Å². The van der Waals surface area contributed by atoms with Gasteiger partial charge < -0.3 is 0 Å². The van der Waals surface area contributed by atoms with E-state index in [1.54, 1.807) is 31.2 Å². The molecule has 7 nitrogen and oxygen atoms in total. The van der Waals surface area contributed by atoms with Crippen molar-refractivity contribution in [2.24, 2.45) is 5.10 Å². The van der Waals surface area contributed by atoms with Crippen molar-refractivity contribution < 1.29 is 13.2 Å². The molecule has 0 unspecified atom stereocenters. The third kappa shape index (κ3) is 5.50. The van der Waals surface area contributed by atoms with Gasteiger partial charge in [0.2, 0.25) is 0 Å². The molecule has 0 radical (unpaired) electrons. The van der Waals surface area contributed by atoms with Gasteiger partial charge in [-0.3, -0.25) is 9.10 Å². The molecule has 0 fully saturated rings. The highest BCUT2D eigenvalue weighted by molar-refractivity contribution is 7.92. The van der Waals surface area contributed by atoms with Crippen LogP contribution in [0.4, 0.5) is 5.69 Å². The number of aryl methyl sites for hydroxylation is 2. The van der Waals surface area contributed by atoms with Gasteiger partial charge in [0.25, 0.3) is 15.9 Å². The number of carbonyl (C=O) groups is 1. The number of hydrogen-bond donors (Lipinski definition) is 1. The zero-order chi connectivity index (χ0) is 25.0. The molecular formula is C26H23ClN4O3S. The quantitative estimate of drug-likeness (QED) is 0.220. The number of hydrazone groups is 1. The number of nitrogens with zero attached hydrogens (tertiary/aromatic N) is 3. The van der Waals surface area contributed by atoms with E-state index in [2.05, 4.69) is 15.5 Å². The van der Waals surface area contributed by atoms with Gasteiger partial charge in [-0.2, -0.15) is 5.10 Å². The van der Waals surface area contributed by atoms with Crippen LogP contribution in [0.5, 0.6) is 0 Å². The highest BCUT2D eigenvalue weighted by Gasteiger charge is 2.28. The number of carbonyl (C=O) groups excluding carboxylic acids is 1. The second kappa shape index (κ2) is 10.2. The van der Waals surface area contributed by atoms with Gasteiger partial charge in [0, 0.05) is 10.9 Å². The number of pyridine rings is 1. The van der Waals surface area contributed by atoms with Crippen LogP contribution in [0.2, 0.25) is 5.15 Å². The van der Waals surface area contributed by atoms with Gasteiger partial charge in [0.05, 0.1) is 22.3 Å². The summed E-state index contributed by atoms with van der Waals surface area (Å²) in [4.78, 5) is 17.2. The summed E-state index contributed by atoms with van der Waals surface area (Å²) in [5.74, 6) is -0.605. The van der Waals surface area contributed by atoms with E-state index in [0.717, 1.165) is 26.3 Å². The van der Waals surface area contributed by atoms with Gasteiger partial charge in [0.15, 0.2) is 0 Å². The van der Waals surface area contributed by atoms with E-state index in [0.29, 0.717) is 11.3 Å². The fourth-order valence-corrected chi connectivity index (χ4v) is 5.24. The summed E-state index contributed by atoms with van der Waals surface area (Å²) in [5, 5.41) is 5.10. The Morgan fingerprint density at radius 1 is 1.03 bits per heavy atom. The summed E-state index contributed by atoms with van der Waals surface area (Å²) in [6, 6.07) is 22.8. The van der Waals surface area contributed by atoms with E-state index in [9.17, 15) is 13.2 Å². The summed E-state index contributed by atoms with van der Waals surface area (Å²) in [6.45, 7) is 3.21. The van der Waals surface area contributed by atoms with Gasteiger partial charge in [-0.05, 0) is 55.3 Å². The molecule has 3 aromatic carbocycles. The van der Waals surface area contributed by atoms with Crippen molar-refractivity contribution in [3.63, 3.8) is 0 Å². The summed E-state index contributed by atoms with van der Waals surface area (Å²) in [6.07, 6.45) is 1.38. The minimum Gasteiger partial charge on any atom is -0.271 e. The van der Waals surface area contributed by atoms with Crippen LogP contribution in [0.1, 0.15) is 16.7 Å². The summed E-state index contributed by atoms with van der Waals surface area (Å²) >= 11 is 6.24. The fraction of sp³-hybridized carbons (Fsp3) is 0.115. The summed E-state index contributed by atoms with van der Waals surface area (Å²) < 4.78 is 28.1. The first kappa shape index (κ1) is 24.4. The Labute approximate surface area is 209 Å². The van der Waals surface area contributed by atoms with Crippen LogP contribution in [0.3, 0.4) is 0 Å². The van der Waals surface area contributed by atoms with Crippen molar-refractivity contribution >= 4 is 50.3 Å². The Bertz CT molecular complexity index is 1520. The highest BCUT2D eigenvalue weighted by Crippen LogP contribution is 2.27. The Hall–Kier alpha value is -3.75. The minimum absolute atomic E-state index is 0.0891. The second-order valence-electron chi connectivity index (χ2n) is 7.97. The molecule has 0 aliphatic carbocycles. The maximum atomic E-state index is 13.5. The predicted octanol–water partition coefficient (Wildman–Crippen LogP) is 4.85. The molecule has 0 atom stereocenters. The molecule has 4 aromatic rings. The Kier molecular flexibility index (Phi) is 7.14. The number of fused-ring (bicyclic) bond motifs is 1.